The number of carboxylic acids is 3. The van der Waals surface area contributed by atoms with Gasteiger partial charge in [0.05, 0.1) is 43.1 Å². The Morgan fingerprint density at radius 1 is 0.803 bits per heavy atom. The number of aryl methyl sites for hydroxylation is 1. The van der Waals surface area contributed by atoms with E-state index < -0.39 is 35.4 Å². The van der Waals surface area contributed by atoms with E-state index >= 15 is 0 Å². The lowest BCUT2D eigenvalue weighted by atomic mass is 10.1. The molecular weight excluding hydrogens is 870 g/mol. The third-order valence-electron chi connectivity index (χ3n) is 8.64. The molecule has 3 aromatic heterocycles. The summed E-state index contributed by atoms with van der Waals surface area (Å²) in [6, 6.07) is 28.3. The molecule has 0 bridgehead atoms. The summed E-state index contributed by atoms with van der Waals surface area (Å²) in [7, 11) is 0. The standard InChI is InChI=1S/C16H13NO2.C14H8Cl4N2O3.C13H13N3O3/c18-16(19)14-11-17(10-12-6-2-1-3-7-12)15-9-5-4-8-13(14)15;1-5-3-2-4-6(19-5)20-13(21)7-8(14(22)23)10(16)12(18)11(17)9(7)15;17-12-4-2-1-3-9(12)6-15-11(13(18)19)5-10-7-14-8-16-10/h1-9,11H,10H2,(H,18,19);2-4H,1H3,(H,22,23)(H,19,20,21);1-4,6-8,11,17H,5H2,(H,14,16)(H,18,19). The second-order valence-electron chi connectivity index (χ2n) is 12.9. The highest BCUT2D eigenvalue weighted by molar-refractivity contribution is 6.54. The highest BCUT2D eigenvalue weighted by Crippen LogP contribution is 2.41. The normalized spacial score (nSPS) is 11.2. The SMILES string of the molecule is Cc1cccc(NC(=O)c2c(Cl)c(Cl)c(Cl)c(Cl)c2C(=O)O)n1.O=C(O)C(Cc1cnc[nH]1)N=Cc1ccccc1O.O=C(O)c1cn(Cc2ccccc2)c2ccccc12. The Kier molecular flexibility index (Phi) is 15.6. The maximum Gasteiger partial charge on any atom is 0.338 e. The van der Waals surface area contributed by atoms with Crippen molar-refractivity contribution in [3.05, 3.63) is 175 Å². The number of pyridine rings is 1. The van der Waals surface area contributed by atoms with E-state index in [1.165, 1.54) is 18.6 Å². The molecule has 4 aromatic carbocycles. The number of aromatic hydroxyl groups is 1. The predicted octanol–water partition coefficient (Wildman–Crippen LogP) is 9.57. The number of aromatic nitrogens is 4. The van der Waals surface area contributed by atoms with Gasteiger partial charge in [0, 0.05) is 59.4 Å². The zero-order chi connectivity index (χ0) is 44.2. The zero-order valence-corrected chi connectivity index (χ0v) is 34.8. The third-order valence-corrected chi connectivity index (χ3v) is 10.4. The Balaban J connectivity index is 0.000000174. The molecule has 0 aliphatic rings. The van der Waals surface area contributed by atoms with Gasteiger partial charge in [-0.15, -0.1) is 0 Å². The molecule has 7 rings (SSSR count). The number of anilines is 1. The first-order chi connectivity index (χ1) is 29.2. The summed E-state index contributed by atoms with van der Waals surface area (Å²) in [5.41, 5.74) is 3.38. The summed E-state index contributed by atoms with van der Waals surface area (Å²) in [6.07, 6.45) is 6.34. The average molecular weight is 905 g/mol. The van der Waals surface area contributed by atoms with Crippen LogP contribution in [0.5, 0.6) is 5.75 Å². The summed E-state index contributed by atoms with van der Waals surface area (Å²) in [6.45, 7) is 2.41. The van der Waals surface area contributed by atoms with Crippen molar-refractivity contribution in [2.24, 2.45) is 4.99 Å². The minimum Gasteiger partial charge on any atom is -0.507 e. The molecule has 0 aliphatic carbocycles. The summed E-state index contributed by atoms with van der Waals surface area (Å²) in [5, 5.41) is 39.4. The van der Waals surface area contributed by atoms with Crippen molar-refractivity contribution < 1.29 is 39.6 Å². The molecule has 0 fully saturated rings. The quantitative estimate of drug-likeness (QED) is 0.0410. The van der Waals surface area contributed by atoms with E-state index in [1.807, 2.05) is 59.2 Å². The van der Waals surface area contributed by atoms with Gasteiger partial charge < -0.3 is 35.3 Å². The molecule has 14 nitrogen and oxygen atoms in total. The highest BCUT2D eigenvalue weighted by atomic mass is 35.5. The number of nitrogens with one attached hydrogen (secondary N) is 2. The van der Waals surface area contributed by atoms with E-state index in [4.69, 9.17) is 51.5 Å². The van der Waals surface area contributed by atoms with E-state index in [2.05, 4.69) is 25.3 Å². The number of fused-ring (bicyclic) bond motifs is 1. The molecule has 1 unspecified atom stereocenters. The number of phenols is 1. The summed E-state index contributed by atoms with van der Waals surface area (Å²) in [5.74, 6) is -3.89. The van der Waals surface area contributed by atoms with Gasteiger partial charge in [-0.2, -0.15) is 0 Å². The molecular formula is C43H34Cl4N6O8. The fraction of sp³-hybridized carbons (Fsp3) is 0.0930. The number of carbonyl (C=O) groups is 4. The molecule has 0 saturated heterocycles. The molecule has 312 valence electrons. The zero-order valence-electron chi connectivity index (χ0n) is 31.8. The lowest BCUT2D eigenvalue weighted by Gasteiger charge is -2.13. The molecule has 0 spiro atoms. The van der Waals surface area contributed by atoms with Gasteiger partial charge >= 0.3 is 17.9 Å². The number of imidazole rings is 1. The van der Waals surface area contributed by atoms with Crippen LogP contribution in [0.4, 0.5) is 5.82 Å². The number of aliphatic carboxylic acids is 1. The van der Waals surface area contributed by atoms with Crippen LogP contribution >= 0.6 is 46.4 Å². The van der Waals surface area contributed by atoms with E-state index in [0.29, 0.717) is 29.1 Å². The molecule has 18 heteroatoms. The first-order valence-electron chi connectivity index (χ1n) is 17.9. The van der Waals surface area contributed by atoms with E-state index in [-0.39, 0.29) is 43.6 Å². The van der Waals surface area contributed by atoms with Gasteiger partial charge in [0.15, 0.2) is 6.04 Å². The number of hydrogen-bond acceptors (Lipinski definition) is 8. The van der Waals surface area contributed by atoms with Crippen LogP contribution in [0.15, 0.2) is 121 Å². The lowest BCUT2D eigenvalue weighted by Crippen LogP contribution is -2.21. The van der Waals surface area contributed by atoms with Crippen molar-refractivity contribution in [2.75, 3.05) is 5.32 Å². The highest BCUT2D eigenvalue weighted by Gasteiger charge is 2.29. The number of aliphatic imine (C=N–C) groups is 1. The van der Waals surface area contributed by atoms with Crippen LogP contribution in [-0.4, -0.2) is 76.0 Å². The number of para-hydroxylation sites is 2. The van der Waals surface area contributed by atoms with E-state index in [9.17, 15) is 34.5 Å². The van der Waals surface area contributed by atoms with Crippen molar-refractivity contribution in [1.29, 1.82) is 0 Å². The number of carbonyl (C=O) groups excluding carboxylic acids is 1. The van der Waals surface area contributed by atoms with E-state index in [1.54, 1.807) is 55.7 Å². The Bertz CT molecular complexity index is 2730. The summed E-state index contributed by atoms with van der Waals surface area (Å²) >= 11 is 23.6. The number of aromatic amines is 1. The second-order valence-corrected chi connectivity index (χ2v) is 14.4. The summed E-state index contributed by atoms with van der Waals surface area (Å²) in [4.78, 5) is 61.0. The number of halogens is 4. The number of nitrogens with zero attached hydrogens (tertiary/aromatic N) is 4. The van der Waals surface area contributed by atoms with Gasteiger partial charge in [-0.05, 0) is 42.8 Å². The number of aromatic carboxylic acids is 2. The fourth-order valence-corrected chi connectivity index (χ4v) is 6.76. The Hall–Kier alpha value is -6.71. The first kappa shape index (κ1) is 45.4. The Morgan fingerprint density at radius 2 is 1.46 bits per heavy atom. The van der Waals surface area contributed by atoms with Gasteiger partial charge in [-0.1, -0.05) is 113 Å². The molecule has 61 heavy (non-hydrogen) atoms. The minimum absolute atomic E-state index is 0.0666. The van der Waals surface area contributed by atoms with Crippen molar-refractivity contribution in [3.8, 4) is 5.75 Å². The van der Waals surface area contributed by atoms with Crippen LogP contribution < -0.4 is 5.32 Å². The first-order valence-corrected chi connectivity index (χ1v) is 19.4. The molecule has 6 N–H and O–H groups in total. The van der Waals surface area contributed by atoms with Gasteiger partial charge in [-0.3, -0.25) is 9.79 Å². The topological polar surface area (TPSA) is 220 Å². The van der Waals surface area contributed by atoms with Crippen LogP contribution in [0.25, 0.3) is 10.9 Å². The van der Waals surface area contributed by atoms with Crippen LogP contribution in [0.3, 0.4) is 0 Å². The number of benzene rings is 4. The maximum absolute atomic E-state index is 12.4. The third kappa shape index (κ3) is 11.7. The Labute approximate surface area is 367 Å². The number of carboxylic acid groups (broad SMARTS) is 3. The van der Waals surface area contributed by atoms with Crippen molar-refractivity contribution in [3.63, 3.8) is 0 Å². The molecule has 3 heterocycles. The number of amides is 1. The number of phenolic OH excluding ortho intramolecular Hbond substituents is 1. The smallest absolute Gasteiger partial charge is 0.338 e. The van der Waals surface area contributed by atoms with Crippen LogP contribution in [0.1, 0.15) is 53.6 Å². The molecule has 1 atom stereocenters. The molecule has 0 aliphatic heterocycles. The van der Waals surface area contributed by atoms with Crippen LogP contribution in [-0.2, 0) is 17.8 Å². The van der Waals surface area contributed by atoms with E-state index in [0.717, 1.165) is 16.5 Å². The maximum atomic E-state index is 12.4. The molecule has 0 radical (unpaired) electrons. The minimum atomic E-state index is -1.46. The fourth-order valence-electron chi connectivity index (χ4n) is 5.74. The molecule has 1 amide bonds. The average Bonchev–Trinajstić information content (AvgIpc) is 3.89. The van der Waals surface area contributed by atoms with Crippen molar-refractivity contribution in [2.45, 2.75) is 25.9 Å². The van der Waals surface area contributed by atoms with Gasteiger partial charge in [-0.25, -0.2) is 24.4 Å². The largest absolute Gasteiger partial charge is 0.507 e. The number of H-pyrrole nitrogens is 1. The number of rotatable bonds is 11. The van der Waals surface area contributed by atoms with Crippen molar-refractivity contribution >= 4 is 93.2 Å². The lowest BCUT2D eigenvalue weighted by molar-refractivity contribution is -0.138. The van der Waals surface area contributed by atoms with Crippen LogP contribution in [0, 0.1) is 6.92 Å². The Morgan fingerprint density at radius 3 is 2.08 bits per heavy atom. The second kappa shape index (κ2) is 21.0. The van der Waals surface area contributed by atoms with Gasteiger partial charge in [0.25, 0.3) is 5.91 Å². The molecule has 0 saturated carbocycles. The van der Waals surface area contributed by atoms with Crippen molar-refractivity contribution in [1.82, 2.24) is 19.5 Å². The van der Waals surface area contributed by atoms with Gasteiger partial charge in [0.2, 0.25) is 0 Å². The van der Waals surface area contributed by atoms with Gasteiger partial charge in [0.1, 0.15) is 11.6 Å². The monoisotopic (exact) mass is 902 g/mol. The predicted molar refractivity (Wildman–Crippen MR) is 234 cm³/mol. The summed E-state index contributed by atoms with van der Waals surface area (Å²) < 4.78 is 1.98. The number of hydrogen-bond donors (Lipinski definition) is 6. The molecule has 7 aromatic rings. The van der Waals surface area contributed by atoms with Crippen LogP contribution in [0.2, 0.25) is 20.1 Å².